The first-order valence-corrected chi connectivity index (χ1v) is 5.48. The first-order chi connectivity index (χ1) is 7.35. The Morgan fingerprint density at radius 2 is 2.20 bits per heavy atom. The van der Waals surface area contributed by atoms with E-state index in [1.807, 2.05) is 0 Å². The molecule has 0 amide bonds. The van der Waals surface area contributed by atoms with Crippen LogP contribution in [0.25, 0.3) is 0 Å². The van der Waals surface area contributed by atoms with Crippen molar-refractivity contribution in [3.63, 3.8) is 0 Å². The van der Waals surface area contributed by atoms with Crippen LogP contribution in [0.1, 0.15) is 29.9 Å². The van der Waals surface area contributed by atoms with Crippen molar-refractivity contribution >= 4 is 0 Å². The second-order valence-electron chi connectivity index (χ2n) is 3.82. The fourth-order valence-electron chi connectivity index (χ4n) is 1.99. The van der Waals surface area contributed by atoms with Gasteiger partial charge in [-0.3, -0.25) is 0 Å². The van der Waals surface area contributed by atoms with Crippen molar-refractivity contribution in [3.8, 4) is 5.88 Å². The van der Waals surface area contributed by atoms with Crippen LogP contribution in [0.2, 0.25) is 0 Å². The van der Waals surface area contributed by atoms with Crippen molar-refractivity contribution in [3.05, 3.63) is 17.1 Å². The topological polar surface area (TPSA) is 61.0 Å². The molecule has 0 bridgehead atoms. The zero-order valence-electron chi connectivity index (χ0n) is 9.12. The molecular weight excluding hydrogens is 190 g/mol. The maximum absolute atomic E-state index is 5.47. The standard InChI is InChI=1S/C11H17N3O/c1-15-11-8-4-2-5-9(8)13-10(14-11)6-3-7-12/h2-7,12H2,1H3. The number of rotatable bonds is 4. The minimum atomic E-state index is 0.683. The molecule has 0 aromatic carbocycles. The minimum absolute atomic E-state index is 0.683. The van der Waals surface area contributed by atoms with Gasteiger partial charge in [0.25, 0.3) is 0 Å². The van der Waals surface area contributed by atoms with Gasteiger partial charge in [-0.1, -0.05) is 0 Å². The quantitative estimate of drug-likeness (QED) is 0.795. The number of methoxy groups -OCH3 is 1. The highest BCUT2D eigenvalue weighted by Gasteiger charge is 2.19. The average molecular weight is 207 g/mol. The molecule has 82 valence electrons. The van der Waals surface area contributed by atoms with Gasteiger partial charge in [-0.05, 0) is 32.2 Å². The van der Waals surface area contributed by atoms with Gasteiger partial charge in [-0.15, -0.1) is 0 Å². The fourth-order valence-corrected chi connectivity index (χ4v) is 1.99. The van der Waals surface area contributed by atoms with Gasteiger partial charge in [0.2, 0.25) is 5.88 Å². The summed E-state index contributed by atoms with van der Waals surface area (Å²) in [6, 6.07) is 0. The van der Waals surface area contributed by atoms with Crippen molar-refractivity contribution < 1.29 is 4.74 Å². The Morgan fingerprint density at radius 1 is 1.33 bits per heavy atom. The Kier molecular flexibility index (Phi) is 3.16. The molecule has 0 radical (unpaired) electrons. The van der Waals surface area contributed by atoms with Gasteiger partial charge in [0.05, 0.1) is 12.8 Å². The molecule has 0 saturated heterocycles. The van der Waals surface area contributed by atoms with E-state index in [1.165, 1.54) is 17.7 Å². The SMILES string of the molecule is COc1nc(CCCN)nc2c1CCC2. The Balaban J connectivity index is 2.26. The fraction of sp³-hybridized carbons (Fsp3) is 0.636. The molecule has 1 aromatic rings. The highest BCUT2D eigenvalue weighted by Crippen LogP contribution is 2.27. The Hall–Kier alpha value is -1.16. The van der Waals surface area contributed by atoms with E-state index in [0.29, 0.717) is 6.54 Å². The molecule has 0 saturated carbocycles. The summed E-state index contributed by atoms with van der Waals surface area (Å²) in [4.78, 5) is 8.96. The van der Waals surface area contributed by atoms with Crippen LogP contribution in [-0.4, -0.2) is 23.6 Å². The normalized spacial score (nSPS) is 14.0. The zero-order chi connectivity index (χ0) is 10.7. The lowest BCUT2D eigenvalue weighted by Crippen LogP contribution is -2.07. The van der Waals surface area contributed by atoms with Gasteiger partial charge in [0, 0.05) is 12.0 Å². The number of nitrogens with zero attached hydrogens (tertiary/aromatic N) is 2. The van der Waals surface area contributed by atoms with Crippen LogP contribution in [0, 0.1) is 0 Å². The summed E-state index contributed by atoms with van der Waals surface area (Å²) in [6.45, 7) is 0.683. The van der Waals surface area contributed by atoms with Gasteiger partial charge < -0.3 is 10.5 Å². The smallest absolute Gasteiger partial charge is 0.219 e. The Labute approximate surface area is 89.9 Å². The van der Waals surface area contributed by atoms with Gasteiger partial charge >= 0.3 is 0 Å². The number of nitrogens with two attached hydrogens (primary N) is 1. The van der Waals surface area contributed by atoms with E-state index < -0.39 is 0 Å². The summed E-state index contributed by atoms with van der Waals surface area (Å²) in [5.41, 5.74) is 7.85. The van der Waals surface area contributed by atoms with E-state index in [4.69, 9.17) is 10.5 Å². The molecule has 2 rings (SSSR count). The lowest BCUT2D eigenvalue weighted by molar-refractivity contribution is 0.389. The largest absolute Gasteiger partial charge is 0.481 e. The average Bonchev–Trinajstić information content (AvgIpc) is 2.73. The highest BCUT2D eigenvalue weighted by atomic mass is 16.5. The molecule has 0 atom stereocenters. The van der Waals surface area contributed by atoms with E-state index in [9.17, 15) is 0 Å². The van der Waals surface area contributed by atoms with Crippen LogP contribution in [-0.2, 0) is 19.3 Å². The molecule has 2 N–H and O–H groups in total. The molecule has 1 aliphatic carbocycles. The van der Waals surface area contributed by atoms with Crippen LogP contribution in [0.3, 0.4) is 0 Å². The minimum Gasteiger partial charge on any atom is -0.481 e. The molecule has 15 heavy (non-hydrogen) atoms. The third-order valence-corrected chi connectivity index (χ3v) is 2.74. The molecule has 4 heteroatoms. The third kappa shape index (κ3) is 2.09. The molecule has 1 heterocycles. The summed E-state index contributed by atoms with van der Waals surface area (Å²) in [5, 5.41) is 0. The lowest BCUT2D eigenvalue weighted by Gasteiger charge is -2.08. The van der Waals surface area contributed by atoms with Crippen molar-refractivity contribution in [2.24, 2.45) is 5.73 Å². The van der Waals surface area contributed by atoms with Gasteiger partial charge in [0.15, 0.2) is 0 Å². The third-order valence-electron chi connectivity index (χ3n) is 2.74. The molecular formula is C11H17N3O. The zero-order valence-corrected chi connectivity index (χ0v) is 9.12. The lowest BCUT2D eigenvalue weighted by atomic mass is 10.2. The molecule has 4 nitrogen and oxygen atoms in total. The molecule has 0 spiro atoms. The van der Waals surface area contributed by atoms with Crippen LogP contribution in [0.15, 0.2) is 0 Å². The van der Waals surface area contributed by atoms with Crippen LogP contribution >= 0.6 is 0 Å². The highest BCUT2D eigenvalue weighted by molar-refractivity contribution is 5.34. The Bertz CT molecular complexity index is 352. The molecule has 1 aromatic heterocycles. The molecule has 0 aliphatic heterocycles. The molecule has 0 unspecified atom stereocenters. The van der Waals surface area contributed by atoms with E-state index in [-0.39, 0.29) is 0 Å². The van der Waals surface area contributed by atoms with Gasteiger partial charge in [-0.25, -0.2) is 4.98 Å². The van der Waals surface area contributed by atoms with Gasteiger partial charge in [0.1, 0.15) is 5.82 Å². The summed E-state index contributed by atoms with van der Waals surface area (Å²) >= 11 is 0. The molecule has 1 aliphatic rings. The first-order valence-electron chi connectivity index (χ1n) is 5.48. The van der Waals surface area contributed by atoms with Crippen LogP contribution in [0.5, 0.6) is 5.88 Å². The maximum atomic E-state index is 5.47. The second kappa shape index (κ2) is 4.57. The maximum Gasteiger partial charge on any atom is 0.219 e. The number of aryl methyl sites for hydroxylation is 2. The number of hydrogen-bond donors (Lipinski definition) is 1. The van der Waals surface area contributed by atoms with E-state index >= 15 is 0 Å². The van der Waals surface area contributed by atoms with Crippen molar-refractivity contribution in [1.29, 1.82) is 0 Å². The number of hydrogen-bond acceptors (Lipinski definition) is 4. The predicted molar refractivity (Wildman–Crippen MR) is 58.0 cm³/mol. The van der Waals surface area contributed by atoms with E-state index in [2.05, 4.69) is 9.97 Å². The summed E-state index contributed by atoms with van der Waals surface area (Å²) in [6.07, 6.45) is 5.06. The molecule has 0 fully saturated rings. The van der Waals surface area contributed by atoms with E-state index in [1.54, 1.807) is 7.11 Å². The van der Waals surface area contributed by atoms with Crippen LogP contribution in [0.4, 0.5) is 0 Å². The monoisotopic (exact) mass is 207 g/mol. The van der Waals surface area contributed by atoms with Crippen LogP contribution < -0.4 is 10.5 Å². The van der Waals surface area contributed by atoms with Crippen molar-refractivity contribution in [2.75, 3.05) is 13.7 Å². The van der Waals surface area contributed by atoms with Gasteiger partial charge in [-0.2, -0.15) is 4.98 Å². The number of ether oxygens (including phenoxy) is 1. The predicted octanol–water partition coefficient (Wildman–Crippen LogP) is 0.865. The summed E-state index contributed by atoms with van der Waals surface area (Å²) < 4.78 is 5.30. The second-order valence-corrected chi connectivity index (χ2v) is 3.82. The van der Waals surface area contributed by atoms with E-state index in [0.717, 1.165) is 37.4 Å². The summed E-state index contributed by atoms with van der Waals surface area (Å²) in [7, 11) is 1.67. The Morgan fingerprint density at radius 3 is 2.93 bits per heavy atom. The first kappa shape index (κ1) is 10.4. The van der Waals surface area contributed by atoms with Crippen molar-refractivity contribution in [1.82, 2.24) is 9.97 Å². The number of aromatic nitrogens is 2. The van der Waals surface area contributed by atoms with Crippen molar-refractivity contribution in [2.45, 2.75) is 32.1 Å². The summed E-state index contributed by atoms with van der Waals surface area (Å²) in [5.74, 6) is 1.64. The number of fused-ring (bicyclic) bond motifs is 1.